The summed E-state index contributed by atoms with van der Waals surface area (Å²) in [5.41, 5.74) is 0. The van der Waals surface area contributed by atoms with Crippen molar-refractivity contribution >= 4 is 0 Å². The monoisotopic (exact) mass is 170 g/mol. The summed E-state index contributed by atoms with van der Waals surface area (Å²) in [6, 6.07) is 0. The van der Waals surface area contributed by atoms with Gasteiger partial charge in [-0.25, -0.2) is 0 Å². The molecule has 0 fully saturated rings. The van der Waals surface area contributed by atoms with Gasteiger partial charge in [0.1, 0.15) is 6.10 Å². The van der Waals surface area contributed by atoms with E-state index in [4.69, 9.17) is 9.47 Å². The topological polar surface area (TPSA) is 18.5 Å². The Morgan fingerprint density at radius 3 is 2.92 bits per heavy atom. The lowest BCUT2D eigenvalue weighted by atomic mass is 10.00. The predicted octanol–water partition coefficient (Wildman–Crippen LogP) is 2.35. The van der Waals surface area contributed by atoms with E-state index >= 15 is 0 Å². The Kier molecular flexibility index (Phi) is 3.60. The first-order valence-corrected chi connectivity index (χ1v) is 4.57. The molecule has 12 heavy (non-hydrogen) atoms. The fraction of sp³-hybridized carbons (Fsp3) is 0.800. The largest absolute Gasteiger partial charge is 0.498 e. The highest BCUT2D eigenvalue weighted by Gasteiger charge is 2.19. The van der Waals surface area contributed by atoms with Gasteiger partial charge in [0.25, 0.3) is 0 Å². The van der Waals surface area contributed by atoms with Crippen LogP contribution in [0.2, 0.25) is 0 Å². The van der Waals surface area contributed by atoms with Gasteiger partial charge in [0.05, 0.1) is 12.4 Å². The Balaban J connectivity index is 2.34. The van der Waals surface area contributed by atoms with E-state index in [2.05, 4.69) is 13.8 Å². The predicted molar refractivity (Wildman–Crippen MR) is 48.9 cm³/mol. The van der Waals surface area contributed by atoms with Crippen LogP contribution >= 0.6 is 0 Å². The van der Waals surface area contributed by atoms with Crippen molar-refractivity contribution in [2.75, 3.05) is 7.11 Å². The summed E-state index contributed by atoms with van der Waals surface area (Å²) in [4.78, 5) is 0. The highest BCUT2D eigenvalue weighted by atomic mass is 16.5. The fourth-order valence-electron chi connectivity index (χ4n) is 1.49. The maximum Gasteiger partial charge on any atom is 0.101 e. The zero-order valence-electron chi connectivity index (χ0n) is 8.12. The van der Waals surface area contributed by atoms with E-state index in [1.165, 1.54) is 0 Å². The van der Waals surface area contributed by atoms with Crippen LogP contribution in [0, 0.1) is 5.92 Å². The van der Waals surface area contributed by atoms with Crippen LogP contribution in [0.15, 0.2) is 12.3 Å². The van der Waals surface area contributed by atoms with Crippen molar-refractivity contribution in [2.45, 2.75) is 38.9 Å². The molecule has 0 amide bonds. The van der Waals surface area contributed by atoms with Gasteiger partial charge in [-0.05, 0) is 18.4 Å². The van der Waals surface area contributed by atoms with E-state index in [1.807, 2.05) is 6.08 Å². The second-order valence-corrected chi connectivity index (χ2v) is 3.73. The molecule has 0 spiro atoms. The summed E-state index contributed by atoms with van der Waals surface area (Å²) in [6.07, 6.45) is 6.44. The highest BCUT2D eigenvalue weighted by molar-refractivity contribution is 4.91. The van der Waals surface area contributed by atoms with Crippen LogP contribution in [-0.2, 0) is 9.47 Å². The molecule has 1 heterocycles. The molecule has 2 nitrogen and oxygen atoms in total. The summed E-state index contributed by atoms with van der Waals surface area (Å²) in [5.74, 6) is 0.694. The molecule has 2 heteroatoms. The van der Waals surface area contributed by atoms with Crippen molar-refractivity contribution in [2.24, 2.45) is 5.92 Å². The normalized spacial score (nSPS) is 29.0. The molecular weight excluding hydrogens is 152 g/mol. The first-order chi connectivity index (χ1) is 5.72. The summed E-state index contributed by atoms with van der Waals surface area (Å²) < 4.78 is 10.7. The Morgan fingerprint density at radius 1 is 1.58 bits per heavy atom. The van der Waals surface area contributed by atoms with E-state index < -0.39 is 0 Å². The number of hydrogen-bond donors (Lipinski definition) is 0. The van der Waals surface area contributed by atoms with Gasteiger partial charge in [0.15, 0.2) is 0 Å². The average molecular weight is 170 g/mol. The third-order valence-electron chi connectivity index (χ3n) is 2.10. The van der Waals surface area contributed by atoms with Crippen molar-refractivity contribution in [1.82, 2.24) is 0 Å². The molecule has 1 aliphatic heterocycles. The van der Waals surface area contributed by atoms with Gasteiger partial charge in [-0.2, -0.15) is 0 Å². The Labute approximate surface area is 74.6 Å². The molecule has 1 aliphatic rings. The maximum absolute atomic E-state index is 5.46. The van der Waals surface area contributed by atoms with Crippen LogP contribution in [-0.4, -0.2) is 19.3 Å². The van der Waals surface area contributed by atoms with Crippen molar-refractivity contribution in [3.8, 4) is 0 Å². The highest BCUT2D eigenvalue weighted by Crippen LogP contribution is 2.19. The van der Waals surface area contributed by atoms with E-state index in [9.17, 15) is 0 Å². The Bertz CT molecular complexity index is 152. The lowest BCUT2D eigenvalue weighted by molar-refractivity contribution is 0.0304. The number of methoxy groups -OCH3 is 1. The van der Waals surface area contributed by atoms with E-state index in [-0.39, 0.29) is 6.10 Å². The zero-order chi connectivity index (χ0) is 8.97. The smallest absolute Gasteiger partial charge is 0.101 e. The molecule has 0 radical (unpaired) electrons. The van der Waals surface area contributed by atoms with E-state index in [0.717, 1.165) is 12.8 Å². The molecule has 0 N–H and O–H groups in total. The molecule has 1 rings (SSSR count). The van der Waals surface area contributed by atoms with Gasteiger partial charge in [0.2, 0.25) is 0 Å². The van der Waals surface area contributed by atoms with Crippen molar-refractivity contribution in [1.29, 1.82) is 0 Å². The van der Waals surface area contributed by atoms with Crippen molar-refractivity contribution in [3.05, 3.63) is 12.3 Å². The Hall–Kier alpha value is -0.500. The van der Waals surface area contributed by atoms with Crippen LogP contribution in [0.25, 0.3) is 0 Å². The van der Waals surface area contributed by atoms with Gasteiger partial charge in [0, 0.05) is 13.5 Å². The standard InChI is InChI=1S/C10H18O2/c1-8(2)6-10-7-9(11-3)4-5-12-10/h4-5,8-10H,6-7H2,1-3H3/t9-,10+/m0/s1. The molecule has 0 aliphatic carbocycles. The molecule has 0 bridgehead atoms. The molecule has 0 aromatic heterocycles. The van der Waals surface area contributed by atoms with Crippen LogP contribution in [0.3, 0.4) is 0 Å². The first kappa shape index (κ1) is 9.59. The molecule has 0 saturated carbocycles. The molecule has 0 saturated heterocycles. The summed E-state index contributed by atoms with van der Waals surface area (Å²) >= 11 is 0. The fourth-order valence-corrected chi connectivity index (χ4v) is 1.49. The van der Waals surface area contributed by atoms with Crippen LogP contribution in [0.5, 0.6) is 0 Å². The van der Waals surface area contributed by atoms with Gasteiger partial charge in [-0.1, -0.05) is 13.8 Å². The molecule has 0 unspecified atom stereocenters. The molecule has 70 valence electrons. The van der Waals surface area contributed by atoms with Gasteiger partial charge in [-0.3, -0.25) is 0 Å². The molecule has 0 aromatic carbocycles. The van der Waals surface area contributed by atoms with E-state index in [0.29, 0.717) is 12.0 Å². The number of hydrogen-bond acceptors (Lipinski definition) is 2. The van der Waals surface area contributed by atoms with Gasteiger partial charge < -0.3 is 9.47 Å². The zero-order valence-corrected chi connectivity index (χ0v) is 8.12. The van der Waals surface area contributed by atoms with Crippen LogP contribution in [0.1, 0.15) is 26.7 Å². The molecular formula is C10H18O2. The van der Waals surface area contributed by atoms with Crippen LogP contribution < -0.4 is 0 Å². The minimum absolute atomic E-state index is 0.252. The number of rotatable bonds is 3. The lowest BCUT2D eigenvalue weighted by Crippen LogP contribution is -2.24. The van der Waals surface area contributed by atoms with Gasteiger partial charge >= 0.3 is 0 Å². The Morgan fingerprint density at radius 2 is 2.33 bits per heavy atom. The van der Waals surface area contributed by atoms with E-state index in [1.54, 1.807) is 13.4 Å². The third-order valence-corrected chi connectivity index (χ3v) is 2.10. The third kappa shape index (κ3) is 2.86. The minimum Gasteiger partial charge on any atom is -0.498 e. The molecule has 2 atom stereocenters. The maximum atomic E-state index is 5.46. The first-order valence-electron chi connectivity index (χ1n) is 4.57. The average Bonchev–Trinajstić information content (AvgIpc) is 2.03. The summed E-state index contributed by atoms with van der Waals surface area (Å²) in [5, 5.41) is 0. The summed E-state index contributed by atoms with van der Waals surface area (Å²) in [6.45, 7) is 4.42. The summed E-state index contributed by atoms with van der Waals surface area (Å²) in [7, 11) is 1.74. The second kappa shape index (κ2) is 4.51. The minimum atomic E-state index is 0.252. The molecule has 0 aromatic rings. The number of ether oxygens (including phenoxy) is 2. The lowest BCUT2D eigenvalue weighted by Gasteiger charge is -2.25. The van der Waals surface area contributed by atoms with Crippen molar-refractivity contribution in [3.63, 3.8) is 0 Å². The SMILES string of the molecule is CO[C@H]1C=CO[C@H](CC(C)C)C1. The van der Waals surface area contributed by atoms with Crippen molar-refractivity contribution < 1.29 is 9.47 Å². The second-order valence-electron chi connectivity index (χ2n) is 3.73. The van der Waals surface area contributed by atoms with Crippen LogP contribution in [0.4, 0.5) is 0 Å². The van der Waals surface area contributed by atoms with Gasteiger partial charge in [-0.15, -0.1) is 0 Å². The quantitative estimate of drug-likeness (QED) is 0.647.